The fourth-order valence-corrected chi connectivity index (χ4v) is 6.52. The minimum atomic E-state index is -0.953. The second kappa shape index (κ2) is 18.8. The fourth-order valence-electron chi connectivity index (χ4n) is 6.52. The van der Waals surface area contributed by atoms with Crippen molar-refractivity contribution in [2.45, 2.75) is 77.8 Å². The normalized spacial score (nSPS) is 15.5. The molecule has 0 spiro atoms. The largest absolute Gasteiger partial charge is 0.491 e. The molecule has 0 saturated carbocycles. The van der Waals surface area contributed by atoms with E-state index in [2.05, 4.69) is 5.32 Å². The van der Waals surface area contributed by atoms with Crippen LogP contribution in [0, 0.1) is 5.92 Å². The average molecular weight is 752 g/mol. The van der Waals surface area contributed by atoms with Crippen molar-refractivity contribution in [2.24, 2.45) is 5.92 Å². The lowest BCUT2D eigenvalue weighted by atomic mass is 10.00. The van der Waals surface area contributed by atoms with Crippen molar-refractivity contribution in [3.63, 3.8) is 0 Å². The summed E-state index contributed by atoms with van der Waals surface area (Å²) in [5, 5.41) is 4.66. The SMILES string of the molecule is CC(C)C[C@@H](C(=O)N1CCOC[C@@H]1C(=O)N[C@@H](COc1ccc2ccccc2c1C(=O)OCc1ccccc1)Cc1ccccc1)N(C)C(=O)OC(C)(C)C. The van der Waals surface area contributed by atoms with Gasteiger partial charge in [-0.25, -0.2) is 9.59 Å². The zero-order valence-corrected chi connectivity index (χ0v) is 32.7. The maximum absolute atomic E-state index is 14.3. The van der Waals surface area contributed by atoms with Gasteiger partial charge in [-0.3, -0.25) is 14.5 Å². The van der Waals surface area contributed by atoms with E-state index in [1.807, 2.05) is 105 Å². The average Bonchev–Trinajstić information content (AvgIpc) is 3.17. The molecule has 0 bridgehead atoms. The van der Waals surface area contributed by atoms with Crippen LogP contribution in [0.4, 0.5) is 4.79 Å². The number of benzene rings is 4. The van der Waals surface area contributed by atoms with E-state index in [0.29, 0.717) is 29.5 Å². The first kappa shape index (κ1) is 40.8. The summed E-state index contributed by atoms with van der Waals surface area (Å²) in [5.41, 5.74) is 1.36. The number of carbonyl (C=O) groups excluding carboxylic acids is 4. The summed E-state index contributed by atoms with van der Waals surface area (Å²) in [6.45, 7) is 9.80. The van der Waals surface area contributed by atoms with Crippen LogP contribution in [-0.4, -0.2) is 90.8 Å². The highest BCUT2D eigenvalue weighted by Gasteiger charge is 2.40. The fraction of sp³-hybridized carbons (Fsp3) is 0.409. The second-order valence-corrected chi connectivity index (χ2v) is 15.3. The summed E-state index contributed by atoms with van der Waals surface area (Å²) in [5.74, 6) is -0.892. The van der Waals surface area contributed by atoms with E-state index >= 15 is 0 Å². The van der Waals surface area contributed by atoms with Crippen LogP contribution in [0.1, 0.15) is 62.5 Å². The molecule has 1 fully saturated rings. The van der Waals surface area contributed by atoms with Gasteiger partial charge in [-0.2, -0.15) is 0 Å². The molecule has 1 heterocycles. The zero-order valence-electron chi connectivity index (χ0n) is 32.7. The number of fused-ring (bicyclic) bond motifs is 1. The van der Waals surface area contributed by atoms with Crippen molar-refractivity contribution in [1.29, 1.82) is 0 Å². The van der Waals surface area contributed by atoms with Crippen LogP contribution < -0.4 is 10.1 Å². The Hall–Kier alpha value is -5.42. The van der Waals surface area contributed by atoms with Gasteiger partial charge in [-0.1, -0.05) is 105 Å². The molecule has 292 valence electrons. The van der Waals surface area contributed by atoms with E-state index in [4.69, 9.17) is 18.9 Å². The number of amides is 3. The molecule has 3 amide bonds. The summed E-state index contributed by atoms with van der Waals surface area (Å²) in [4.78, 5) is 58.1. The highest BCUT2D eigenvalue weighted by atomic mass is 16.6. The minimum absolute atomic E-state index is 0.0107. The van der Waals surface area contributed by atoms with E-state index in [1.54, 1.807) is 33.9 Å². The molecular weight excluding hydrogens is 698 g/mol. The summed E-state index contributed by atoms with van der Waals surface area (Å²) in [6.07, 6.45) is 0.178. The lowest BCUT2D eigenvalue weighted by Gasteiger charge is -2.39. The molecule has 0 radical (unpaired) electrons. The molecular formula is C44H53N3O8. The predicted octanol–water partition coefficient (Wildman–Crippen LogP) is 6.81. The third-order valence-electron chi connectivity index (χ3n) is 9.26. The van der Waals surface area contributed by atoms with Crippen molar-refractivity contribution in [1.82, 2.24) is 15.1 Å². The highest BCUT2D eigenvalue weighted by molar-refractivity contribution is 6.07. The molecule has 0 aromatic heterocycles. The third-order valence-corrected chi connectivity index (χ3v) is 9.26. The number of nitrogens with one attached hydrogen (secondary N) is 1. The highest BCUT2D eigenvalue weighted by Crippen LogP contribution is 2.30. The maximum atomic E-state index is 14.3. The number of nitrogens with zero attached hydrogens (tertiary/aromatic N) is 2. The first-order valence-electron chi connectivity index (χ1n) is 18.8. The minimum Gasteiger partial charge on any atom is -0.491 e. The Bertz CT molecular complexity index is 1910. The predicted molar refractivity (Wildman–Crippen MR) is 211 cm³/mol. The van der Waals surface area contributed by atoms with Gasteiger partial charge >= 0.3 is 12.1 Å². The van der Waals surface area contributed by atoms with Gasteiger partial charge in [0.25, 0.3) is 0 Å². The second-order valence-electron chi connectivity index (χ2n) is 15.3. The molecule has 11 heteroatoms. The molecule has 0 aliphatic carbocycles. The number of likely N-dealkylation sites (N-methyl/N-ethyl adjacent to an activating group) is 1. The lowest BCUT2D eigenvalue weighted by molar-refractivity contribution is -0.152. The van der Waals surface area contributed by atoms with Crippen LogP contribution in [-0.2, 0) is 36.8 Å². The Labute approximate surface area is 323 Å². The van der Waals surface area contributed by atoms with Crippen molar-refractivity contribution in [2.75, 3.05) is 33.4 Å². The number of hydrogen-bond donors (Lipinski definition) is 1. The molecule has 3 atom stereocenters. The van der Waals surface area contributed by atoms with Crippen molar-refractivity contribution >= 4 is 34.6 Å². The van der Waals surface area contributed by atoms with Crippen LogP contribution in [0.2, 0.25) is 0 Å². The summed E-state index contributed by atoms with van der Waals surface area (Å²) < 4.78 is 23.5. The van der Waals surface area contributed by atoms with Gasteiger partial charge in [0, 0.05) is 13.6 Å². The standard InChI is InChI=1S/C44H53N3O8/c1-30(2)25-36(46(6)43(51)55-44(3,4)5)41(49)47-23-24-52-29-37(47)40(48)45-34(26-31-15-9-7-10-16-31)28-53-38-22-21-33-19-13-14-20-35(33)39(38)42(50)54-27-32-17-11-8-12-18-32/h7-22,30,34,36-37H,23-29H2,1-6H3,(H,45,48)/t34-,36+,37-/m1/s1. The molecule has 5 rings (SSSR count). The molecule has 0 unspecified atom stereocenters. The van der Waals surface area contributed by atoms with Gasteiger partial charge in [0.05, 0.1) is 19.3 Å². The van der Waals surface area contributed by atoms with Crippen molar-refractivity contribution in [3.05, 3.63) is 114 Å². The number of carbonyl (C=O) groups is 4. The third kappa shape index (κ3) is 11.3. The van der Waals surface area contributed by atoms with Gasteiger partial charge in [-0.15, -0.1) is 0 Å². The number of rotatable bonds is 14. The van der Waals surface area contributed by atoms with Crippen LogP contribution in [0.3, 0.4) is 0 Å². The number of hydrogen-bond acceptors (Lipinski definition) is 8. The Balaban J connectivity index is 1.38. The Kier molecular flexibility index (Phi) is 13.9. The van der Waals surface area contributed by atoms with Crippen molar-refractivity contribution in [3.8, 4) is 5.75 Å². The van der Waals surface area contributed by atoms with E-state index in [1.165, 1.54) is 9.80 Å². The first-order valence-corrected chi connectivity index (χ1v) is 18.8. The number of esters is 1. The van der Waals surface area contributed by atoms with E-state index in [-0.39, 0.29) is 44.8 Å². The van der Waals surface area contributed by atoms with Crippen molar-refractivity contribution < 1.29 is 38.1 Å². The van der Waals surface area contributed by atoms with Gasteiger partial charge in [0.2, 0.25) is 11.8 Å². The number of morpholine rings is 1. The molecule has 1 N–H and O–H groups in total. The Morgan fingerprint density at radius 1 is 0.891 bits per heavy atom. The quantitative estimate of drug-likeness (QED) is 0.140. The van der Waals surface area contributed by atoms with Crippen LogP contribution in [0.5, 0.6) is 5.75 Å². The van der Waals surface area contributed by atoms with Crippen LogP contribution >= 0.6 is 0 Å². The maximum Gasteiger partial charge on any atom is 0.410 e. The smallest absolute Gasteiger partial charge is 0.410 e. The lowest BCUT2D eigenvalue weighted by Crippen LogP contribution is -2.61. The number of ether oxygens (including phenoxy) is 4. The molecule has 1 aliphatic rings. The molecule has 4 aromatic rings. The van der Waals surface area contributed by atoms with Crippen LogP contribution in [0.25, 0.3) is 10.8 Å². The molecule has 1 aliphatic heterocycles. The molecule has 55 heavy (non-hydrogen) atoms. The summed E-state index contributed by atoms with van der Waals surface area (Å²) >= 11 is 0. The van der Waals surface area contributed by atoms with Gasteiger partial charge < -0.3 is 29.2 Å². The van der Waals surface area contributed by atoms with E-state index in [9.17, 15) is 19.2 Å². The van der Waals surface area contributed by atoms with Gasteiger partial charge in [0.15, 0.2) is 0 Å². The van der Waals surface area contributed by atoms with Gasteiger partial charge in [0.1, 0.15) is 42.2 Å². The van der Waals surface area contributed by atoms with E-state index < -0.39 is 41.7 Å². The summed E-state index contributed by atoms with van der Waals surface area (Å²) in [7, 11) is 1.56. The Morgan fingerprint density at radius 3 is 2.22 bits per heavy atom. The first-order chi connectivity index (χ1) is 26.3. The molecule has 11 nitrogen and oxygen atoms in total. The molecule has 4 aromatic carbocycles. The topological polar surface area (TPSA) is 124 Å². The monoisotopic (exact) mass is 751 g/mol. The van der Waals surface area contributed by atoms with Gasteiger partial charge in [-0.05, 0) is 67.5 Å². The summed E-state index contributed by atoms with van der Waals surface area (Å²) in [6, 6.07) is 27.9. The zero-order chi connectivity index (χ0) is 39.5. The van der Waals surface area contributed by atoms with E-state index in [0.717, 1.165) is 16.5 Å². The van der Waals surface area contributed by atoms with Crippen LogP contribution in [0.15, 0.2) is 97.1 Å². The Morgan fingerprint density at radius 2 is 1.55 bits per heavy atom. The molecule has 1 saturated heterocycles.